The lowest BCUT2D eigenvalue weighted by atomic mass is 9.86. The fourth-order valence-corrected chi connectivity index (χ4v) is 7.04. The minimum atomic E-state index is -0.641. The van der Waals surface area contributed by atoms with Crippen LogP contribution in [0.15, 0.2) is 77.8 Å². The van der Waals surface area contributed by atoms with E-state index in [1.807, 2.05) is 61.0 Å². The molecular weight excluding hydrogens is 681 g/mol. The number of hydrogen-bond donors (Lipinski definition) is 3. The Morgan fingerprint density at radius 1 is 0.902 bits per heavy atom. The summed E-state index contributed by atoms with van der Waals surface area (Å²) in [6, 6.07) is 19.0. The molecular formula is C39H54N6O4S2. The number of ketones is 1. The number of alkyl carbamates (subject to hydrolysis) is 1. The largest absolute Gasteiger partial charge is 0.444 e. The summed E-state index contributed by atoms with van der Waals surface area (Å²) in [6.45, 7) is 5.31. The van der Waals surface area contributed by atoms with Gasteiger partial charge in [-0.25, -0.2) is 14.6 Å². The quantitative estimate of drug-likeness (QED) is 0.0854. The average molecular weight is 735 g/mol. The maximum absolute atomic E-state index is 14.0. The summed E-state index contributed by atoms with van der Waals surface area (Å²) in [6.07, 6.45) is 4.67. The van der Waals surface area contributed by atoms with Crippen LogP contribution in [0.5, 0.6) is 0 Å². The summed E-state index contributed by atoms with van der Waals surface area (Å²) in [5.74, 6) is 0.317. The summed E-state index contributed by atoms with van der Waals surface area (Å²) >= 11 is 3.03. The van der Waals surface area contributed by atoms with Gasteiger partial charge in [0.15, 0.2) is 5.78 Å². The molecule has 0 fully saturated rings. The van der Waals surface area contributed by atoms with Gasteiger partial charge in [-0.05, 0) is 62.7 Å². The van der Waals surface area contributed by atoms with Gasteiger partial charge in [0.1, 0.15) is 6.61 Å². The second-order valence-electron chi connectivity index (χ2n) is 13.0. The summed E-state index contributed by atoms with van der Waals surface area (Å²) in [5, 5.41) is 12.2. The van der Waals surface area contributed by atoms with Gasteiger partial charge >= 0.3 is 12.1 Å². The number of nitrogens with one attached hydrogen (secondary N) is 3. The number of aromatic nitrogens is 2. The topological polar surface area (TPSA) is 126 Å². The van der Waals surface area contributed by atoms with Gasteiger partial charge in [0.25, 0.3) is 0 Å². The molecule has 276 valence electrons. The number of carbonyl (C=O) groups excluding carboxylic acids is 3. The van der Waals surface area contributed by atoms with E-state index >= 15 is 0 Å². The Hall–Kier alpha value is -4.13. The Labute approximate surface area is 311 Å². The highest BCUT2D eigenvalue weighted by atomic mass is 32.1. The first-order valence-corrected chi connectivity index (χ1v) is 19.0. The zero-order valence-corrected chi connectivity index (χ0v) is 31.1. The molecule has 2 aromatic heterocycles. The third kappa shape index (κ3) is 14.6. The van der Waals surface area contributed by atoms with Crippen molar-refractivity contribution in [3.05, 3.63) is 104 Å². The molecule has 0 aliphatic rings. The summed E-state index contributed by atoms with van der Waals surface area (Å²) < 4.78 is 5.51. The van der Waals surface area contributed by atoms with Crippen LogP contribution in [0.4, 0.5) is 9.59 Å². The molecule has 3 amide bonds. The van der Waals surface area contributed by atoms with Crippen molar-refractivity contribution in [1.29, 1.82) is 0 Å². The predicted molar refractivity (Wildman–Crippen MR) is 207 cm³/mol. The lowest BCUT2D eigenvalue weighted by Gasteiger charge is -2.26. The smallest absolute Gasteiger partial charge is 0.407 e. The second kappa shape index (κ2) is 21.9. The van der Waals surface area contributed by atoms with E-state index < -0.39 is 12.1 Å². The second-order valence-corrected chi connectivity index (χ2v) is 14.8. The number of amides is 3. The zero-order valence-electron chi connectivity index (χ0n) is 29.5. The molecule has 3 N–H and O–H groups in total. The van der Waals surface area contributed by atoms with Crippen LogP contribution in [0, 0.1) is 5.92 Å². The number of carbonyl (C=O) groups is 3. The SMILES string of the molecule is C.CNCCC(NC(=O)N(C)Cc1csc(C(C)C)n1)C(=O)CC(CCC(Cc1ccccc1)NC(=O)OCc1cncs1)Cc1ccccc1. The van der Waals surface area contributed by atoms with Crippen LogP contribution in [-0.2, 0) is 35.5 Å². The number of ether oxygens (including phenoxy) is 1. The molecule has 0 aliphatic carbocycles. The highest BCUT2D eigenvalue weighted by Gasteiger charge is 2.26. The molecule has 3 unspecified atom stereocenters. The van der Waals surface area contributed by atoms with Gasteiger partial charge < -0.3 is 25.6 Å². The summed E-state index contributed by atoms with van der Waals surface area (Å²) in [7, 11) is 3.56. The molecule has 2 heterocycles. The van der Waals surface area contributed by atoms with Crippen molar-refractivity contribution >= 4 is 40.6 Å². The first-order valence-electron chi connectivity index (χ1n) is 17.2. The Kier molecular flexibility index (Phi) is 17.8. The number of urea groups is 1. The zero-order chi connectivity index (χ0) is 35.7. The molecule has 10 nitrogen and oxygen atoms in total. The molecule has 3 atom stereocenters. The lowest BCUT2D eigenvalue weighted by molar-refractivity contribution is -0.122. The number of benzene rings is 2. The van der Waals surface area contributed by atoms with Crippen molar-refractivity contribution in [2.24, 2.45) is 5.92 Å². The molecule has 4 rings (SSSR count). The third-order valence-electron chi connectivity index (χ3n) is 8.43. The van der Waals surface area contributed by atoms with Gasteiger partial charge in [-0.1, -0.05) is 81.9 Å². The van der Waals surface area contributed by atoms with E-state index in [0.717, 1.165) is 26.7 Å². The highest BCUT2D eigenvalue weighted by molar-refractivity contribution is 7.09. The highest BCUT2D eigenvalue weighted by Crippen LogP contribution is 2.23. The number of Topliss-reactive ketones (excluding diaryl/α,β-unsaturated/α-hetero) is 1. The molecule has 51 heavy (non-hydrogen) atoms. The molecule has 0 saturated heterocycles. The van der Waals surface area contributed by atoms with E-state index in [-0.39, 0.29) is 37.8 Å². The van der Waals surface area contributed by atoms with E-state index in [4.69, 9.17) is 4.74 Å². The molecule has 0 radical (unpaired) electrons. The van der Waals surface area contributed by atoms with Crippen LogP contribution < -0.4 is 16.0 Å². The fourth-order valence-electron chi connectivity index (χ4n) is 5.71. The molecule has 0 aliphatic heterocycles. The normalized spacial score (nSPS) is 12.7. The maximum Gasteiger partial charge on any atom is 0.407 e. The van der Waals surface area contributed by atoms with Crippen LogP contribution in [0.3, 0.4) is 0 Å². The van der Waals surface area contributed by atoms with Crippen molar-refractivity contribution in [3.63, 3.8) is 0 Å². The van der Waals surface area contributed by atoms with Gasteiger partial charge in [0.05, 0.1) is 33.7 Å². The van der Waals surface area contributed by atoms with Crippen molar-refractivity contribution in [3.8, 4) is 0 Å². The van der Waals surface area contributed by atoms with Crippen LogP contribution in [0.1, 0.15) is 79.6 Å². The molecule has 12 heteroatoms. The Bertz CT molecular complexity index is 1580. The minimum absolute atomic E-state index is 0. The summed E-state index contributed by atoms with van der Waals surface area (Å²) in [5.41, 5.74) is 4.79. The monoisotopic (exact) mass is 734 g/mol. The third-order valence-corrected chi connectivity index (χ3v) is 10.4. The van der Waals surface area contributed by atoms with Crippen LogP contribution in [0.25, 0.3) is 0 Å². The van der Waals surface area contributed by atoms with Crippen molar-refractivity contribution < 1.29 is 19.1 Å². The lowest BCUT2D eigenvalue weighted by Crippen LogP contribution is -2.47. The van der Waals surface area contributed by atoms with Gasteiger partial charge in [-0.2, -0.15) is 0 Å². The fraction of sp³-hybridized carbons (Fsp3) is 0.462. The van der Waals surface area contributed by atoms with Gasteiger partial charge in [0, 0.05) is 37.0 Å². The number of rotatable bonds is 20. The standard InChI is InChI=1S/C38H50N6O4S2.CH4/c1-27(2)36-41-32(25-49-36)23-44(4)37(46)43-34(17-18-39-3)35(45)21-30(19-28-11-7-5-8-12-28)15-16-31(20-29-13-9-6-10-14-29)42-38(47)48-24-33-22-40-26-50-33;/h5-14,22,25-27,30-31,34,39H,15-21,23-24H2,1-4H3,(H,42,47)(H,43,46);1H4. The summed E-state index contributed by atoms with van der Waals surface area (Å²) in [4.78, 5) is 51.4. The number of hydrogen-bond acceptors (Lipinski definition) is 9. The molecule has 0 spiro atoms. The molecule has 0 bridgehead atoms. The number of nitrogens with zero attached hydrogens (tertiary/aromatic N) is 3. The van der Waals surface area contributed by atoms with E-state index in [1.165, 1.54) is 11.3 Å². The first-order chi connectivity index (χ1) is 24.2. The Morgan fingerprint density at radius 2 is 1.59 bits per heavy atom. The van der Waals surface area contributed by atoms with Crippen molar-refractivity contribution in [2.75, 3.05) is 20.6 Å². The van der Waals surface area contributed by atoms with Gasteiger partial charge in [-0.15, -0.1) is 22.7 Å². The average Bonchev–Trinajstić information content (AvgIpc) is 3.82. The van der Waals surface area contributed by atoms with Crippen molar-refractivity contribution in [1.82, 2.24) is 30.8 Å². The molecule has 2 aromatic carbocycles. The van der Waals surface area contributed by atoms with Crippen LogP contribution in [0.2, 0.25) is 0 Å². The van der Waals surface area contributed by atoms with E-state index in [1.54, 1.807) is 35.0 Å². The van der Waals surface area contributed by atoms with Crippen LogP contribution in [-0.4, -0.2) is 65.5 Å². The van der Waals surface area contributed by atoms with E-state index in [0.29, 0.717) is 57.5 Å². The maximum atomic E-state index is 14.0. The first kappa shape index (κ1) is 41.3. The Balaban J connectivity index is 0.00000702. The minimum Gasteiger partial charge on any atom is -0.444 e. The van der Waals surface area contributed by atoms with Gasteiger partial charge in [-0.3, -0.25) is 9.78 Å². The Morgan fingerprint density at radius 3 is 2.20 bits per heavy atom. The van der Waals surface area contributed by atoms with Crippen LogP contribution >= 0.6 is 22.7 Å². The van der Waals surface area contributed by atoms with Gasteiger partial charge in [0.2, 0.25) is 0 Å². The molecule has 0 saturated carbocycles. The van der Waals surface area contributed by atoms with E-state index in [9.17, 15) is 14.4 Å². The predicted octanol–water partition coefficient (Wildman–Crippen LogP) is 7.61. The van der Waals surface area contributed by atoms with E-state index in [2.05, 4.69) is 51.9 Å². The molecule has 4 aromatic rings. The number of thiazole rings is 2. The van der Waals surface area contributed by atoms with Crippen molar-refractivity contribution in [2.45, 2.75) is 91.0 Å².